The molecule has 2 aromatic rings. The standard InChI is InChI=1S/C14H20N4O/c1-10-17-12-6-5-11(8-13(12)18-10)9-16-14(19)4-3-7-15-2/h5-6,8,15H,3-4,7,9H2,1-2H3,(H,16,19)(H,17,18). The largest absolute Gasteiger partial charge is 0.352 e. The predicted octanol–water partition coefficient (Wildman–Crippen LogP) is 1.49. The van der Waals surface area contributed by atoms with Gasteiger partial charge in [0.25, 0.3) is 0 Å². The lowest BCUT2D eigenvalue weighted by molar-refractivity contribution is -0.121. The number of imidazole rings is 1. The Morgan fingerprint density at radius 2 is 2.26 bits per heavy atom. The van der Waals surface area contributed by atoms with E-state index in [1.165, 1.54) is 0 Å². The fraction of sp³-hybridized carbons (Fsp3) is 0.429. The van der Waals surface area contributed by atoms with Gasteiger partial charge < -0.3 is 15.6 Å². The van der Waals surface area contributed by atoms with Crippen molar-refractivity contribution in [1.29, 1.82) is 0 Å². The van der Waals surface area contributed by atoms with Crippen molar-refractivity contribution in [3.8, 4) is 0 Å². The van der Waals surface area contributed by atoms with Crippen LogP contribution in [0.15, 0.2) is 18.2 Å². The molecular weight excluding hydrogens is 240 g/mol. The minimum absolute atomic E-state index is 0.0936. The molecule has 0 bridgehead atoms. The quantitative estimate of drug-likeness (QED) is 0.689. The molecule has 1 heterocycles. The Kier molecular flexibility index (Phi) is 4.52. The molecule has 5 heteroatoms. The summed E-state index contributed by atoms with van der Waals surface area (Å²) in [5.74, 6) is 0.999. The van der Waals surface area contributed by atoms with Gasteiger partial charge in [-0.3, -0.25) is 4.79 Å². The molecule has 5 nitrogen and oxygen atoms in total. The molecule has 0 radical (unpaired) electrons. The molecule has 1 aromatic heterocycles. The van der Waals surface area contributed by atoms with Crippen LogP contribution in [0.2, 0.25) is 0 Å². The van der Waals surface area contributed by atoms with Crippen LogP contribution in [0.1, 0.15) is 24.2 Å². The van der Waals surface area contributed by atoms with E-state index >= 15 is 0 Å². The summed E-state index contributed by atoms with van der Waals surface area (Å²) in [5.41, 5.74) is 3.05. The summed E-state index contributed by atoms with van der Waals surface area (Å²) >= 11 is 0. The van der Waals surface area contributed by atoms with E-state index in [0.717, 1.165) is 35.4 Å². The van der Waals surface area contributed by atoms with Gasteiger partial charge in [0.1, 0.15) is 5.82 Å². The average molecular weight is 260 g/mol. The number of nitrogens with one attached hydrogen (secondary N) is 3. The maximum absolute atomic E-state index is 11.6. The zero-order valence-corrected chi connectivity index (χ0v) is 11.4. The van der Waals surface area contributed by atoms with Gasteiger partial charge in [-0.25, -0.2) is 4.98 Å². The van der Waals surface area contributed by atoms with E-state index in [-0.39, 0.29) is 5.91 Å². The van der Waals surface area contributed by atoms with Crippen molar-refractivity contribution in [3.63, 3.8) is 0 Å². The summed E-state index contributed by atoms with van der Waals surface area (Å²) in [7, 11) is 1.89. The van der Waals surface area contributed by atoms with Gasteiger partial charge in [0, 0.05) is 13.0 Å². The number of nitrogens with zero attached hydrogens (tertiary/aromatic N) is 1. The Morgan fingerprint density at radius 1 is 1.42 bits per heavy atom. The first-order valence-corrected chi connectivity index (χ1v) is 6.55. The highest BCUT2D eigenvalue weighted by Crippen LogP contribution is 2.13. The van der Waals surface area contributed by atoms with Crippen molar-refractivity contribution in [2.75, 3.05) is 13.6 Å². The molecule has 1 aromatic carbocycles. The monoisotopic (exact) mass is 260 g/mol. The Labute approximate surface area is 112 Å². The fourth-order valence-electron chi connectivity index (χ4n) is 2.01. The molecule has 0 fully saturated rings. The number of carbonyl (C=O) groups excluding carboxylic acids is 1. The highest BCUT2D eigenvalue weighted by atomic mass is 16.1. The molecule has 3 N–H and O–H groups in total. The van der Waals surface area contributed by atoms with Crippen LogP contribution in [0, 0.1) is 6.92 Å². The summed E-state index contributed by atoms with van der Waals surface area (Å²) in [5, 5.41) is 5.96. The molecule has 0 atom stereocenters. The number of amides is 1. The average Bonchev–Trinajstić information content (AvgIpc) is 2.76. The molecule has 0 aliphatic heterocycles. The Balaban J connectivity index is 1.88. The second-order valence-corrected chi connectivity index (χ2v) is 4.66. The Bertz CT molecular complexity index is 562. The number of benzene rings is 1. The number of rotatable bonds is 6. The number of carbonyl (C=O) groups is 1. The van der Waals surface area contributed by atoms with E-state index in [4.69, 9.17) is 0 Å². The molecule has 0 saturated carbocycles. The zero-order valence-electron chi connectivity index (χ0n) is 11.4. The minimum Gasteiger partial charge on any atom is -0.352 e. The van der Waals surface area contributed by atoms with Crippen LogP contribution >= 0.6 is 0 Å². The molecule has 0 spiro atoms. The first-order valence-electron chi connectivity index (χ1n) is 6.55. The lowest BCUT2D eigenvalue weighted by Gasteiger charge is -2.05. The van der Waals surface area contributed by atoms with Gasteiger partial charge in [-0.1, -0.05) is 6.07 Å². The number of aryl methyl sites for hydroxylation is 1. The maximum atomic E-state index is 11.6. The zero-order chi connectivity index (χ0) is 13.7. The van der Waals surface area contributed by atoms with Crippen LogP contribution in [0.3, 0.4) is 0 Å². The van der Waals surface area contributed by atoms with Crippen molar-refractivity contribution in [1.82, 2.24) is 20.6 Å². The number of aromatic amines is 1. The summed E-state index contributed by atoms with van der Waals surface area (Å²) in [6.45, 7) is 3.36. The second-order valence-electron chi connectivity index (χ2n) is 4.66. The van der Waals surface area contributed by atoms with Gasteiger partial charge in [-0.15, -0.1) is 0 Å². The minimum atomic E-state index is 0.0936. The number of aromatic nitrogens is 2. The topological polar surface area (TPSA) is 69.8 Å². The summed E-state index contributed by atoms with van der Waals surface area (Å²) in [6.07, 6.45) is 1.42. The number of H-pyrrole nitrogens is 1. The Morgan fingerprint density at radius 3 is 3.05 bits per heavy atom. The van der Waals surface area contributed by atoms with E-state index in [1.807, 2.05) is 32.2 Å². The van der Waals surface area contributed by atoms with E-state index in [2.05, 4.69) is 20.6 Å². The summed E-state index contributed by atoms with van der Waals surface area (Å²) in [4.78, 5) is 19.1. The van der Waals surface area contributed by atoms with Crippen molar-refractivity contribution in [2.45, 2.75) is 26.3 Å². The van der Waals surface area contributed by atoms with E-state index in [9.17, 15) is 4.79 Å². The number of hydrogen-bond acceptors (Lipinski definition) is 3. The van der Waals surface area contributed by atoms with Crippen LogP contribution in [0.5, 0.6) is 0 Å². The predicted molar refractivity (Wildman–Crippen MR) is 75.8 cm³/mol. The van der Waals surface area contributed by atoms with Crippen LogP contribution in [-0.2, 0) is 11.3 Å². The highest BCUT2D eigenvalue weighted by molar-refractivity contribution is 5.77. The van der Waals surface area contributed by atoms with Gasteiger partial charge in [0.15, 0.2) is 0 Å². The summed E-state index contributed by atoms with van der Waals surface area (Å²) in [6, 6.07) is 6.00. The third-order valence-corrected chi connectivity index (χ3v) is 2.98. The van der Waals surface area contributed by atoms with Crippen LogP contribution < -0.4 is 10.6 Å². The summed E-state index contributed by atoms with van der Waals surface area (Å²) < 4.78 is 0. The molecule has 2 rings (SSSR count). The van der Waals surface area contributed by atoms with E-state index in [0.29, 0.717) is 13.0 Å². The molecule has 102 valence electrons. The normalized spacial score (nSPS) is 10.8. The van der Waals surface area contributed by atoms with E-state index in [1.54, 1.807) is 0 Å². The van der Waals surface area contributed by atoms with Crippen LogP contribution in [0.4, 0.5) is 0 Å². The van der Waals surface area contributed by atoms with Gasteiger partial charge in [-0.05, 0) is 44.6 Å². The first kappa shape index (κ1) is 13.5. The lowest BCUT2D eigenvalue weighted by Crippen LogP contribution is -2.23. The second kappa shape index (κ2) is 6.33. The molecule has 0 saturated heterocycles. The SMILES string of the molecule is CNCCCC(=O)NCc1ccc2nc(C)[nH]c2c1. The maximum Gasteiger partial charge on any atom is 0.220 e. The number of hydrogen-bond donors (Lipinski definition) is 3. The van der Waals surface area contributed by atoms with Crippen molar-refractivity contribution >= 4 is 16.9 Å². The van der Waals surface area contributed by atoms with Gasteiger partial charge >= 0.3 is 0 Å². The number of fused-ring (bicyclic) bond motifs is 1. The molecule has 0 aliphatic carbocycles. The van der Waals surface area contributed by atoms with E-state index < -0.39 is 0 Å². The first-order chi connectivity index (χ1) is 9.19. The molecular formula is C14H20N4O. The molecule has 0 unspecified atom stereocenters. The van der Waals surface area contributed by atoms with Crippen LogP contribution in [0.25, 0.3) is 11.0 Å². The third-order valence-electron chi connectivity index (χ3n) is 2.98. The van der Waals surface area contributed by atoms with Gasteiger partial charge in [-0.2, -0.15) is 0 Å². The smallest absolute Gasteiger partial charge is 0.220 e. The van der Waals surface area contributed by atoms with Crippen molar-refractivity contribution in [2.24, 2.45) is 0 Å². The lowest BCUT2D eigenvalue weighted by atomic mass is 10.2. The van der Waals surface area contributed by atoms with Crippen LogP contribution in [-0.4, -0.2) is 29.5 Å². The van der Waals surface area contributed by atoms with Gasteiger partial charge in [0.2, 0.25) is 5.91 Å². The molecule has 0 aliphatic rings. The van der Waals surface area contributed by atoms with Crippen molar-refractivity contribution in [3.05, 3.63) is 29.6 Å². The van der Waals surface area contributed by atoms with Gasteiger partial charge in [0.05, 0.1) is 11.0 Å². The third kappa shape index (κ3) is 3.79. The molecule has 1 amide bonds. The van der Waals surface area contributed by atoms with Crippen molar-refractivity contribution < 1.29 is 4.79 Å². The molecule has 19 heavy (non-hydrogen) atoms. The highest BCUT2D eigenvalue weighted by Gasteiger charge is 2.03. The Hall–Kier alpha value is -1.88. The fourth-order valence-corrected chi connectivity index (χ4v) is 2.01.